The Bertz CT molecular complexity index is 1620. The molecular formula is C46H63Cl2N2PRu. The third-order valence-electron chi connectivity index (χ3n) is 12.8. The molecule has 1 atom stereocenters. The molecule has 1 heterocycles. The number of allylic oxidation sites excluding steroid dienone is 1. The predicted molar refractivity (Wildman–Crippen MR) is 230 cm³/mol. The molecule has 3 saturated carbocycles. The third-order valence-corrected chi connectivity index (χ3v) is 19.1. The number of benzene rings is 3. The molecule has 0 spiro atoms. The van der Waals surface area contributed by atoms with Gasteiger partial charge in [-0.15, -0.1) is 0 Å². The summed E-state index contributed by atoms with van der Waals surface area (Å²) in [6.45, 7) is 14.6. The zero-order valence-corrected chi connectivity index (χ0v) is 36.9. The summed E-state index contributed by atoms with van der Waals surface area (Å²) in [5.41, 5.74) is 19.0. The van der Waals surface area contributed by atoms with Gasteiger partial charge in [-0.1, -0.05) is 129 Å². The minimum absolute atomic E-state index is 0.346. The first kappa shape index (κ1) is 40.2. The zero-order chi connectivity index (χ0) is 36.8. The van der Waals surface area contributed by atoms with E-state index in [1.54, 1.807) is 5.57 Å². The van der Waals surface area contributed by atoms with Crippen molar-refractivity contribution in [3.63, 3.8) is 0 Å². The van der Waals surface area contributed by atoms with E-state index >= 15 is 0 Å². The van der Waals surface area contributed by atoms with Crippen molar-refractivity contribution < 1.29 is 15.1 Å². The van der Waals surface area contributed by atoms with Gasteiger partial charge in [-0.3, -0.25) is 0 Å². The second kappa shape index (κ2) is 18.4. The normalized spacial score (nSPS) is 21.5. The van der Waals surface area contributed by atoms with Crippen LogP contribution in [0.25, 0.3) is 6.08 Å². The van der Waals surface area contributed by atoms with Crippen molar-refractivity contribution in [2.45, 2.75) is 148 Å². The summed E-state index contributed by atoms with van der Waals surface area (Å²) in [5, 5.41) is 0. The summed E-state index contributed by atoms with van der Waals surface area (Å²) >= 11 is -0.346. The van der Waals surface area contributed by atoms with Crippen LogP contribution in [0.2, 0.25) is 0 Å². The van der Waals surface area contributed by atoms with Gasteiger partial charge in [0.15, 0.2) is 0 Å². The summed E-state index contributed by atoms with van der Waals surface area (Å²) in [4.78, 5) is 5.96. The summed E-state index contributed by atoms with van der Waals surface area (Å²) in [6.07, 6.45) is 22.3. The molecule has 6 heteroatoms. The zero-order valence-electron chi connectivity index (χ0n) is 32.8. The fraction of sp³-hybridized carbons (Fsp3) is 0.543. The van der Waals surface area contributed by atoms with E-state index in [0.717, 1.165) is 24.4 Å². The Hall–Kier alpha value is -1.50. The Labute approximate surface area is 332 Å². The van der Waals surface area contributed by atoms with Crippen molar-refractivity contribution in [2.24, 2.45) is 0 Å². The first-order valence-electron chi connectivity index (χ1n) is 20.3. The van der Waals surface area contributed by atoms with Gasteiger partial charge in [-0.2, -0.15) is 0 Å². The summed E-state index contributed by atoms with van der Waals surface area (Å²) in [6, 6.07) is 21.3. The molecule has 7 rings (SSSR count). The van der Waals surface area contributed by atoms with Crippen molar-refractivity contribution >= 4 is 49.3 Å². The van der Waals surface area contributed by atoms with Crippen LogP contribution in [0.5, 0.6) is 0 Å². The first-order chi connectivity index (χ1) is 25.2. The maximum atomic E-state index is 4.85. The van der Waals surface area contributed by atoms with Gasteiger partial charge in [-0.25, -0.2) is 0 Å². The topological polar surface area (TPSA) is 6.48 Å². The Morgan fingerprint density at radius 2 is 1.02 bits per heavy atom. The number of rotatable bonds is 6. The van der Waals surface area contributed by atoms with Crippen molar-refractivity contribution in [2.75, 3.05) is 22.9 Å². The van der Waals surface area contributed by atoms with Crippen LogP contribution in [0.4, 0.5) is 11.4 Å². The number of halogens is 2. The van der Waals surface area contributed by atoms with E-state index in [4.69, 9.17) is 19.4 Å². The summed E-state index contributed by atoms with van der Waals surface area (Å²) in [7, 11) is 9.71. The van der Waals surface area contributed by atoms with Gasteiger partial charge in [0.05, 0.1) is 0 Å². The van der Waals surface area contributed by atoms with Gasteiger partial charge in [0.2, 0.25) is 0 Å². The molecule has 2 nitrogen and oxygen atoms in total. The Kier molecular flexibility index (Phi) is 14.2. The van der Waals surface area contributed by atoms with Crippen LogP contribution in [0.1, 0.15) is 129 Å². The van der Waals surface area contributed by atoms with Gasteiger partial charge >= 0.3 is 34.5 Å². The molecule has 1 saturated heterocycles. The molecule has 3 aromatic rings. The molecule has 3 aromatic carbocycles. The monoisotopic (exact) mass is 846 g/mol. The number of nitrogens with zero attached hydrogens (tertiary/aromatic N) is 2. The molecule has 4 fully saturated rings. The average molecular weight is 847 g/mol. The first-order valence-corrected chi connectivity index (χ1v) is 26.7. The van der Waals surface area contributed by atoms with E-state index in [2.05, 4.69) is 112 Å². The van der Waals surface area contributed by atoms with E-state index in [-0.39, 0.29) is 15.1 Å². The van der Waals surface area contributed by atoms with Gasteiger partial charge in [0.25, 0.3) is 0 Å². The molecule has 3 aliphatic carbocycles. The molecular weight excluding hydrogens is 783 g/mol. The van der Waals surface area contributed by atoms with Gasteiger partial charge in [0, 0.05) is 30.1 Å². The minimum atomic E-state index is -1.81. The van der Waals surface area contributed by atoms with Crippen LogP contribution in [0.15, 0.2) is 60.2 Å². The standard InChI is InChI=1S/C46H63N2P.2ClH.Ru/c1-33-28-35(3)44(36(4)29-33)47-26-27-48(45-37(5)30-34(2)31-38(45)6)46(47)49(41-21-12-8-13-22-41,42-23-14-9-15-24-42)43-25-17-16-20-40(43)32-39-18-10-7-11-19-39;;;/h7,10-11,18-19,28-32,41-43H,8-9,12-17,20-27H2,1-6H3;2*1H;/q;;;+2/p-2. The van der Waals surface area contributed by atoms with E-state index in [1.165, 1.54) is 140 Å². The van der Waals surface area contributed by atoms with Gasteiger partial charge < -0.3 is 9.80 Å². The molecule has 1 unspecified atom stereocenters. The van der Waals surface area contributed by atoms with Crippen molar-refractivity contribution in [3.05, 3.63) is 99.1 Å². The Balaban J connectivity index is 0.00000150. The SMILES string of the molecule is Cc1cc(C)c(N2CCN(c3c(C)cc(C)cc3C)C2=P(C2CCCCC2)(C2CCCCC2)C2CCCCC2=Cc2ccccc2)c(C)c1.[Cl][Ru][Cl]. The fourth-order valence-electron chi connectivity index (χ4n) is 11.3. The van der Waals surface area contributed by atoms with Crippen LogP contribution in [-0.4, -0.2) is 35.6 Å². The number of aryl methyl sites for hydroxylation is 6. The number of hydrogen-bond acceptors (Lipinski definition) is 0. The maximum absolute atomic E-state index is 4.85. The van der Waals surface area contributed by atoms with Gasteiger partial charge in [-0.05, 0) is 126 Å². The molecule has 0 N–H and O–H groups in total. The Morgan fingerprint density at radius 1 is 0.596 bits per heavy atom. The van der Waals surface area contributed by atoms with Crippen LogP contribution >= 0.6 is 26.3 Å². The second-order valence-corrected chi connectivity index (χ2v) is 23.2. The van der Waals surface area contributed by atoms with Crippen molar-refractivity contribution in [3.8, 4) is 0 Å². The number of anilines is 2. The molecule has 52 heavy (non-hydrogen) atoms. The van der Waals surface area contributed by atoms with Gasteiger partial charge in [0.1, 0.15) is 5.54 Å². The van der Waals surface area contributed by atoms with E-state index in [1.807, 2.05) is 5.54 Å². The predicted octanol–water partition coefficient (Wildman–Crippen LogP) is 14.0. The molecule has 0 aromatic heterocycles. The molecule has 1 aliphatic heterocycles. The van der Waals surface area contributed by atoms with Crippen LogP contribution in [0, 0.1) is 41.5 Å². The van der Waals surface area contributed by atoms with E-state index < -0.39 is 6.89 Å². The molecule has 284 valence electrons. The van der Waals surface area contributed by atoms with Crippen molar-refractivity contribution in [1.29, 1.82) is 0 Å². The van der Waals surface area contributed by atoms with E-state index in [0.29, 0.717) is 5.66 Å². The average Bonchev–Trinajstić information content (AvgIpc) is 3.54. The molecule has 0 bridgehead atoms. The summed E-state index contributed by atoms with van der Waals surface area (Å²) in [5.74, 6) is 0. The van der Waals surface area contributed by atoms with E-state index in [9.17, 15) is 0 Å². The summed E-state index contributed by atoms with van der Waals surface area (Å²) < 4.78 is 0. The Morgan fingerprint density at radius 3 is 1.46 bits per heavy atom. The quantitative estimate of drug-likeness (QED) is 0.180. The molecule has 0 radical (unpaired) electrons. The molecule has 4 aliphatic rings. The fourth-order valence-corrected chi connectivity index (χ4v) is 18.9. The van der Waals surface area contributed by atoms with Crippen LogP contribution < -0.4 is 9.80 Å². The molecule has 0 amide bonds. The number of hydrogen-bond donors (Lipinski definition) is 0. The second-order valence-electron chi connectivity index (χ2n) is 16.5. The van der Waals surface area contributed by atoms with Crippen LogP contribution in [-0.2, 0) is 15.1 Å². The van der Waals surface area contributed by atoms with Crippen molar-refractivity contribution in [1.82, 2.24) is 0 Å². The van der Waals surface area contributed by atoms with Crippen LogP contribution in [0.3, 0.4) is 0 Å². The third kappa shape index (κ3) is 8.35.